The van der Waals surface area contributed by atoms with Crippen LogP contribution in [0.1, 0.15) is 39.4 Å². The van der Waals surface area contributed by atoms with Crippen molar-refractivity contribution in [3.05, 3.63) is 94.0 Å². The molecule has 0 unspecified atom stereocenters. The zero-order valence-electron chi connectivity index (χ0n) is 17.1. The van der Waals surface area contributed by atoms with E-state index in [-0.39, 0.29) is 23.1 Å². The Bertz CT molecular complexity index is 1200. The fraction of sp³-hybridized carbons (Fsp3) is 0.154. The molecule has 32 heavy (non-hydrogen) atoms. The Morgan fingerprint density at radius 2 is 1.66 bits per heavy atom. The highest BCUT2D eigenvalue weighted by atomic mass is 35.5. The Hall–Kier alpha value is -3.75. The normalized spacial score (nSPS) is 11.7. The Kier molecular flexibility index (Phi) is 6.44. The van der Waals surface area contributed by atoms with Crippen LogP contribution in [0.3, 0.4) is 0 Å². The fourth-order valence-electron chi connectivity index (χ4n) is 3.81. The molecule has 3 aromatic carbocycles. The van der Waals surface area contributed by atoms with Gasteiger partial charge in [-0.1, -0.05) is 72.0 Å². The van der Waals surface area contributed by atoms with E-state index < -0.39 is 12.1 Å². The molecule has 0 radical (unpaired) electrons. The molecule has 0 saturated heterocycles. The lowest BCUT2D eigenvalue weighted by Gasteiger charge is -2.14. The number of hydrogen-bond donors (Lipinski definition) is 2. The van der Waals surface area contributed by atoms with Crippen molar-refractivity contribution in [1.29, 1.82) is 0 Å². The molecule has 1 amide bonds. The molecule has 0 fully saturated rings. The molecule has 0 spiro atoms. The van der Waals surface area contributed by atoms with Gasteiger partial charge in [0, 0.05) is 24.4 Å². The van der Waals surface area contributed by atoms with Gasteiger partial charge in [-0.25, -0.2) is 9.59 Å². The summed E-state index contributed by atoms with van der Waals surface area (Å²) in [7, 11) is 0. The van der Waals surface area contributed by atoms with Gasteiger partial charge < -0.3 is 15.2 Å². The number of carboxylic acid groups (broad SMARTS) is 1. The fourth-order valence-corrected chi connectivity index (χ4v) is 4.07. The molecule has 160 valence electrons. The average molecular weight is 446 g/mol. The van der Waals surface area contributed by atoms with E-state index in [0.717, 1.165) is 0 Å². The van der Waals surface area contributed by atoms with Crippen LogP contribution in [-0.4, -0.2) is 30.3 Å². The molecule has 0 atom stereocenters. The minimum atomic E-state index is -1.08. The Morgan fingerprint density at radius 1 is 1.00 bits per heavy atom. The summed E-state index contributed by atoms with van der Waals surface area (Å²) >= 11 is 5.94. The number of nitrogens with one attached hydrogen (secondary N) is 1. The van der Waals surface area contributed by atoms with E-state index >= 15 is 0 Å². The first-order valence-corrected chi connectivity index (χ1v) is 10.5. The smallest absolute Gasteiger partial charge is 0.407 e. The van der Waals surface area contributed by atoms with Crippen molar-refractivity contribution < 1.29 is 19.4 Å². The first kappa shape index (κ1) is 21.5. The highest BCUT2D eigenvalue weighted by Crippen LogP contribution is 2.44. The highest BCUT2D eigenvalue weighted by molar-refractivity contribution is 6.33. The summed E-state index contributed by atoms with van der Waals surface area (Å²) in [6.45, 7) is 0.602. The summed E-state index contributed by atoms with van der Waals surface area (Å²) in [6.07, 6.45) is -0.0646. The SMILES string of the molecule is O=C(NCCC#Cc1ccc(C(=O)O)c(Cl)c1)OCC1c2ccccc2-c2ccccc21. The summed E-state index contributed by atoms with van der Waals surface area (Å²) < 4.78 is 5.48. The molecule has 0 saturated carbocycles. The first-order valence-electron chi connectivity index (χ1n) is 10.1. The second-order valence-electron chi connectivity index (χ2n) is 7.30. The van der Waals surface area contributed by atoms with Crippen LogP contribution in [0.25, 0.3) is 11.1 Å². The van der Waals surface area contributed by atoms with Crippen LogP contribution in [0.5, 0.6) is 0 Å². The predicted octanol–water partition coefficient (Wildman–Crippen LogP) is 5.32. The first-order chi connectivity index (χ1) is 15.5. The molecule has 2 N–H and O–H groups in total. The van der Waals surface area contributed by atoms with Crippen LogP contribution < -0.4 is 5.32 Å². The van der Waals surface area contributed by atoms with E-state index in [1.165, 1.54) is 34.4 Å². The molecule has 6 heteroatoms. The number of alkyl carbamates (subject to hydrolysis) is 1. The molecule has 0 aliphatic heterocycles. The number of hydrogen-bond acceptors (Lipinski definition) is 3. The summed E-state index contributed by atoms with van der Waals surface area (Å²) in [4.78, 5) is 23.1. The van der Waals surface area contributed by atoms with Gasteiger partial charge >= 0.3 is 12.1 Å². The van der Waals surface area contributed by atoms with E-state index in [9.17, 15) is 9.59 Å². The summed E-state index contributed by atoms with van der Waals surface area (Å²) in [5.41, 5.74) is 5.35. The van der Waals surface area contributed by atoms with Gasteiger partial charge in [0.15, 0.2) is 0 Å². The van der Waals surface area contributed by atoms with Crippen molar-refractivity contribution in [1.82, 2.24) is 5.32 Å². The maximum Gasteiger partial charge on any atom is 0.407 e. The van der Waals surface area contributed by atoms with Crippen molar-refractivity contribution in [2.45, 2.75) is 12.3 Å². The number of aromatic carboxylic acids is 1. The lowest BCUT2D eigenvalue weighted by molar-refractivity contribution is 0.0697. The molecule has 1 aliphatic rings. The largest absolute Gasteiger partial charge is 0.478 e. The monoisotopic (exact) mass is 445 g/mol. The number of carbonyl (C=O) groups is 2. The van der Waals surface area contributed by atoms with Crippen molar-refractivity contribution in [2.75, 3.05) is 13.2 Å². The van der Waals surface area contributed by atoms with Gasteiger partial charge in [-0.05, 0) is 40.5 Å². The third kappa shape index (κ3) is 4.61. The van der Waals surface area contributed by atoms with Crippen LogP contribution in [0.2, 0.25) is 5.02 Å². The minimum Gasteiger partial charge on any atom is -0.478 e. The zero-order valence-corrected chi connectivity index (χ0v) is 17.9. The van der Waals surface area contributed by atoms with E-state index in [2.05, 4.69) is 41.4 Å². The number of ether oxygens (including phenoxy) is 1. The molecule has 1 aliphatic carbocycles. The Labute approximate surface area is 191 Å². The molecule has 0 heterocycles. The van der Waals surface area contributed by atoms with Gasteiger partial charge in [-0.15, -0.1) is 0 Å². The van der Waals surface area contributed by atoms with Crippen molar-refractivity contribution >= 4 is 23.7 Å². The second kappa shape index (κ2) is 9.59. The lowest BCUT2D eigenvalue weighted by atomic mass is 9.98. The van der Waals surface area contributed by atoms with Crippen molar-refractivity contribution in [3.8, 4) is 23.0 Å². The standard InChI is InChI=1S/C26H20ClNO4/c27-24-15-17(12-13-22(24)25(29)30)7-5-6-14-28-26(31)32-16-23-20-10-3-1-8-18(20)19-9-2-4-11-21(19)23/h1-4,8-13,15,23H,6,14,16H2,(H,28,31)(H,29,30). The zero-order chi connectivity index (χ0) is 22.5. The number of rotatable bonds is 5. The lowest BCUT2D eigenvalue weighted by Crippen LogP contribution is -2.26. The highest BCUT2D eigenvalue weighted by Gasteiger charge is 2.28. The second-order valence-corrected chi connectivity index (χ2v) is 7.71. The maximum absolute atomic E-state index is 12.1. The Morgan fingerprint density at radius 3 is 2.28 bits per heavy atom. The summed E-state index contributed by atoms with van der Waals surface area (Å²) in [6, 6.07) is 20.9. The van der Waals surface area contributed by atoms with Gasteiger partial charge in [0.1, 0.15) is 6.61 Å². The molecular weight excluding hydrogens is 426 g/mol. The van der Waals surface area contributed by atoms with E-state index in [1.54, 1.807) is 6.07 Å². The molecular formula is C26H20ClNO4. The number of fused-ring (bicyclic) bond motifs is 3. The van der Waals surface area contributed by atoms with Crippen molar-refractivity contribution in [3.63, 3.8) is 0 Å². The average Bonchev–Trinajstić information content (AvgIpc) is 3.11. The molecule has 5 nitrogen and oxygen atoms in total. The third-order valence-electron chi connectivity index (χ3n) is 5.30. The number of halogens is 1. The van der Waals surface area contributed by atoms with Gasteiger partial charge in [-0.2, -0.15) is 0 Å². The van der Waals surface area contributed by atoms with E-state index in [4.69, 9.17) is 21.4 Å². The van der Waals surface area contributed by atoms with Crippen LogP contribution in [0, 0.1) is 11.8 Å². The maximum atomic E-state index is 12.1. The number of amides is 1. The van der Waals surface area contributed by atoms with E-state index in [0.29, 0.717) is 18.5 Å². The van der Waals surface area contributed by atoms with Gasteiger partial charge in [0.05, 0.1) is 10.6 Å². The molecule has 0 bridgehead atoms. The molecule has 4 rings (SSSR count). The number of benzene rings is 3. The Balaban J connectivity index is 1.28. The quantitative estimate of drug-likeness (QED) is 0.411. The van der Waals surface area contributed by atoms with Gasteiger partial charge in [0.25, 0.3) is 0 Å². The van der Waals surface area contributed by atoms with Crippen LogP contribution in [0.4, 0.5) is 4.79 Å². The topological polar surface area (TPSA) is 75.6 Å². The summed E-state index contributed by atoms with van der Waals surface area (Å²) in [5.74, 6) is 4.77. The minimum absolute atomic E-state index is 0.0199. The van der Waals surface area contributed by atoms with Gasteiger partial charge in [-0.3, -0.25) is 0 Å². The van der Waals surface area contributed by atoms with E-state index in [1.807, 2.05) is 24.3 Å². The van der Waals surface area contributed by atoms with Crippen LogP contribution in [-0.2, 0) is 4.74 Å². The van der Waals surface area contributed by atoms with Gasteiger partial charge in [0.2, 0.25) is 0 Å². The van der Waals surface area contributed by atoms with Crippen molar-refractivity contribution in [2.24, 2.45) is 0 Å². The van der Waals surface area contributed by atoms with Crippen LogP contribution >= 0.6 is 11.6 Å². The molecule has 0 aromatic heterocycles. The van der Waals surface area contributed by atoms with Crippen LogP contribution in [0.15, 0.2) is 66.7 Å². The number of carbonyl (C=O) groups excluding carboxylic acids is 1. The summed E-state index contributed by atoms with van der Waals surface area (Å²) in [5, 5.41) is 11.8. The third-order valence-corrected chi connectivity index (χ3v) is 5.61. The molecule has 3 aromatic rings. The number of carboxylic acids is 1. The predicted molar refractivity (Wildman–Crippen MR) is 123 cm³/mol.